The van der Waals surface area contributed by atoms with E-state index in [1.165, 1.54) is 0 Å². The summed E-state index contributed by atoms with van der Waals surface area (Å²) in [4.78, 5) is 20.5. The molecule has 2 rings (SSSR count). The molecule has 1 amide bonds. The van der Waals surface area contributed by atoms with E-state index in [2.05, 4.69) is 15.2 Å². The van der Waals surface area contributed by atoms with Gasteiger partial charge in [0.2, 0.25) is 5.91 Å². The van der Waals surface area contributed by atoms with Crippen molar-refractivity contribution in [3.63, 3.8) is 0 Å². The molecule has 0 aliphatic carbocycles. The summed E-state index contributed by atoms with van der Waals surface area (Å²) in [5, 5.41) is 3.06. The van der Waals surface area contributed by atoms with Crippen LogP contribution in [0.2, 0.25) is 0 Å². The lowest BCUT2D eigenvalue weighted by Gasteiger charge is -2.25. The molecule has 1 atom stereocenters. The van der Waals surface area contributed by atoms with Gasteiger partial charge in [-0.25, -0.2) is 0 Å². The van der Waals surface area contributed by atoms with Crippen LogP contribution in [0.3, 0.4) is 0 Å². The minimum atomic E-state index is 0. The van der Waals surface area contributed by atoms with Crippen molar-refractivity contribution in [2.45, 2.75) is 25.3 Å². The summed E-state index contributed by atoms with van der Waals surface area (Å²) in [7, 11) is 6.80. The molecule has 0 aromatic heterocycles. The standard InChI is InChI=1S/C19H31N5O3.HI/c1-23(2)18(25)15-7-5-11-24(15)12-6-10-21-19(20)22-14-8-9-16(26-3)17(13-14)27-4;/h8-9,13,15H,5-7,10-12H2,1-4H3,(H3,20,21,22);1H. The van der Waals surface area contributed by atoms with Crippen molar-refractivity contribution in [1.82, 2.24) is 9.80 Å². The molecule has 0 saturated carbocycles. The lowest BCUT2D eigenvalue weighted by Crippen LogP contribution is -2.43. The minimum absolute atomic E-state index is 0. The topological polar surface area (TPSA) is 92.4 Å². The summed E-state index contributed by atoms with van der Waals surface area (Å²) in [5.74, 6) is 1.82. The second-order valence-corrected chi connectivity index (χ2v) is 6.74. The van der Waals surface area contributed by atoms with Crippen molar-refractivity contribution in [2.24, 2.45) is 10.7 Å². The van der Waals surface area contributed by atoms with E-state index >= 15 is 0 Å². The van der Waals surface area contributed by atoms with E-state index in [0.717, 1.165) is 38.0 Å². The number of hydrogen-bond donors (Lipinski definition) is 2. The van der Waals surface area contributed by atoms with Gasteiger partial charge in [-0.05, 0) is 37.9 Å². The molecule has 28 heavy (non-hydrogen) atoms. The SMILES string of the molecule is COc1ccc(NC(N)=NCCCN2CCCC2C(=O)N(C)C)cc1OC.I. The van der Waals surface area contributed by atoms with Crippen LogP contribution in [0.25, 0.3) is 0 Å². The van der Waals surface area contributed by atoms with E-state index in [1.54, 1.807) is 19.1 Å². The van der Waals surface area contributed by atoms with Gasteiger partial charge in [-0.2, -0.15) is 0 Å². The van der Waals surface area contributed by atoms with E-state index < -0.39 is 0 Å². The van der Waals surface area contributed by atoms with Crippen molar-refractivity contribution < 1.29 is 14.3 Å². The second kappa shape index (κ2) is 11.9. The zero-order valence-corrected chi connectivity index (χ0v) is 19.4. The van der Waals surface area contributed by atoms with Crippen LogP contribution < -0.4 is 20.5 Å². The predicted molar refractivity (Wildman–Crippen MR) is 123 cm³/mol. The number of likely N-dealkylation sites (N-methyl/N-ethyl adjacent to an activating group) is 1. The predicted octanol–water partition coefficient (Wildman–Crippen LogP) is 1.99. The van der Waals surface area contributed by atoms with Gasteiger partial charge in [-0.1, -0.05) is 0 Å². The van der Waals surface area contributed by atoms with Gasteiger partial charge in [0.05, 0.1) is 20.3 Å². The fraction of sp³-hybridized carbons (Fsp3) is 0.579. The molecular formula is C19H32IN5O3. The number of likely N-dealkylation sites (tertiary alicyclic amines) is 1. The maximum Gasteiger partial charge on any atom is 0.239 e. The summed E-state index contributed by atoms with van der Waals surface area (Å²) in [6.45, 7) is 2.41. The molecule has 1 aromatic carbocycles. The zero-order chi connectivity index (χ0) is 19.8. The Bertz CT molecular complexity index is 669. The van der Waals surface area contributed by atoms with Gasteiger partial charge in [0, 0.05) is 38.9 Å². The van der Waals surface area contributed by atoms with E-state index in [9.17, 15) is 4.79 Å². The van der Waals surface area contributed by atoms with Crippen LogP contribution in [0.4, 0.5) is 5.69 Å². The number of halogens is 1. The number of rotatable bonds is 8. The highest BCUT2D eigenvalue weighted by Crippen LogP contribution is 2.29. The molecule has 9 heteroatoms. The molecule has 1 unspecified atom stereocenters. The summed E-state index contributed by atoms with van der Waals surface area (Å²) >= 11 is 0. The first kappa shape index (κ1) is 24.3. The smallest absolute Gasteiger partial charge is 0.239 e. The Balaban J connectivity index is 0.00000392. The number of amides is 1. The monoisotopic (exact) mass is 505 g/mol. The Morgan fingerprint density at radius 3 is 2.68 bits per heavy atom. The fourth-order valence-electron chi connectivity index (χ4n) is 3.25. The van der Waals surface area contributed by atoms with Gasteiger partial charge in [-0.15, -0.1) is 24.0 Å². The van der Waals surface area contributed by atoms with E-state index in [-0.39, 0.29) is 35.9 Å². The number of methoxy groups -OCH3 is 2. The molecule has 0 spiro atoms. The lowest BCUT2D eigenvalue weighted by molar-refractivity contribution is -0.133. The van der Waals surface area contributed by atoms with E-state index in [1.807, 2.05) is 32.3 Å². The highest BCUT2D eigenvalue weighted by atomic mass is 127. The number of carbonyl (C=O) groups excluding carboxylic acids is 1. The number of ether oxygens (including phenoxy) is 2. The number of carbonyl (C=O) groups is 1. The quantitative estimate of drug-likeness (QED) is 0.243. The molecule has 1 aromatic rings. The van der Waals surface area contributed by atoms with Crippen LogP contribution in [0.5, 0.6) is 11.5 Å². The molecule has 158 valence electrons. The van der Waals surface area contributed by atoms with Gasteiger partial charge >= 0.3 is 0 Å². The average Bonchev–Trinajstić information content (AvgIpc) is 3.12. The Hall–Kier alpha value is -1.75. The normalized spacial score (nSPS) is 17.0. The number of hydrogen-bond acceptors (Lipinski definition) is 5. The van der Waals surface area contributed by atoms with Crippen LogP contribution >= 0.6 is 24.0 Å². The van der Waals surface area contributed by atoms with Crippen molar-refractivity contribution in [3.05, 3.63) is 18.2 Å². The minimum Gasteiger partial charge on any atom is -0.493 e. The fourth-order valence-corrected chi connectivity index (χ4v) is 3.25. The Morgan fingerprint density at radius 2 is 2.04 bits per heavy atom. The third-order valence-electron chi connectivity index (χ3n) is 4.63. The van der Waals surface area contributed by atoms with Gasteiger partial charge in [0.15, 0.2) is 17.5 Å². The zero-order valence-electron chi connectivity index (χ0n) is 17.1. The number of nitrogens with one attached hydrogen (secondary N) is 1. The number of benzene rings is 1. The first-order valence-electron chi connectivity index (χ1n) is 9.20. The third kappa shape index (κ3) is 6.69. The number of nitrogens with two attached hydrogens (primary N) is 1. The van der Waals surface area contributed by atoms with Crippen LogP contribution in [-0.4, -0.2) is 75.7 Å². The Morgan fingerprint density at radius 1 is 1.32 bits per heavy atom. The maximum atomic E-state index is 12.2. The molecule has 0 radical (unpaired) electrons. The Kier molecular flexibility index (Phi) is 10.4. The van der Waals surface area contributed by atoms with Crippen LogP contribution in [0.1, 0.15) is 19.3 Å². The van der Waals surface area contributed by atoms with Crippen LogP contribution in [0, 0.1) is 0 Å². The first-order chi connectivity index (χ1) is 13.0. The highest BCUT2D eigenvalue weighted by Gasteiger charge is 2.30. The van der Waals surface area contributed by atoms with Gasteiger partial charge in [0.25, 0.3) is 0 Å². The molecule has 1 fully saturated rings. The third-order valence-corrected chi connectivity index (χ3v) is 4.63. The largest absolute Gasteiger partial charge is 0.493 e. The molecular weight excluding hydrogens is 473 g/mol. The molecule has 3 N–H and O–H groups in total. The van der Waals surface area contributed by atoms with E-state index in [0.29, 0.717) is 24.0 Å². The first-order valence-corrected chi connectivity index (χ1v) is 9.20. The number of guanidine groups is 1. The molecule has 1 aliphatic heterocycles. The van der Waals surface area contributed by atoms with Crippen LogP contribution in [-0.2, 0) is 4.79 Å². The van der Waals surface area contributed by atoms with Crippen molar-refractivity contribution in [3.8, 4) is 11.5 Å². The summed E-state index contributed by atoms with van der Waals surface area (Å²) in [6.07, 6.45) is 2.85. The molecule has 0 bridgehead atoms. The van der Waals surface area contributed by atoms with Crippen molar-refractivity contribution >= 4 is 41.5 Å². The van der Waals surface area contributed by atoms with E-state index in [4.69, 9.17) is 15.2 Å². The maximum absolute atomic E-state index is 12.2. The van der Waals surface area contributed by atoms with Crippen molar-refractivity contribution in [2.75, 3.05) is 53.3 Å². The van der Waals surface area contributed by atoms with Crippen molar-refractivity contribution in [1.29, 1.82) is 0 Å². The van der Waals surface area contributed by atoms with Gasteiger partial charge in [0.1, 0.15) is 0 Å². The summed E-state index contributed by atoms with van der Waals surface area (Å²) in [5.41, 5.74) is 6.75. The number of nitrogens with zero attached hydrogens (tertiary/aromatic N) is 3. The average molecular weight is 505 g/mol. The molecule has 1 aliphatic rings. The van der Waals surface area contributed by atoms with Gasteiger partial charge < -0.3 is 25.4 Å². The number of anilines is 1. The summed E-state index contributed by atoms with van der Waals surface area (Å²) in [6, 6.07) is 5.48. The van der Waals surface area contributed by atoms with Gasteiger partial charge in [-0.3, -0.25) is 14.7 Å². The molecule has 8 nitrogen and oxygen atoms in total. The second-order valence-electron chi connectivity index (χ2n) is 6.74. The highest BCUT2D eigenvalue weighted by molar-refractivity contribution is 14.0. The number of aliphatic imine (C=N–C) groups is 1. The molecule has 1 heterocycles. The van der Waals surface area contributed by atoms with Crippen LogP contribution in [0.15, 0.2) is 23.2 Å². The molecule has 1 saturated heterocycles. The lowest BCUT2D eigenvalue weighted by atomic mass is 10.2. The summed E-state index contributed by atoms with van der Waals surface area (Å²) < 4.78 is 10.5. The Labute approximate surface area is 184 Å².